The van der Waals surface area contributed by atoms with Crippen LogP contribution < -0.4 is 10.2 Å². The molecule has 11 heteroatoms. The van der Waals surface area contributed by atoms with Gasteiger partial charge in [-0.15, -0.1) is 11.3 Å². The second-order valence-electron chi connectivity index (χ2n) is 8.65. The molecule has 0 unspecified atom stereocenters. The summed E-state index contributed by atoms with van der Waals surface area (Å²) in [4.78, 5) is 54.5. The lowest BCUT2D eigenvalue weighted by Crippen LogP contribution is -2.29. The number of amides is 3. The van der Waals surface area contributed by atoms with Gasteiger partial charge in [-0.3, -0.25) is 24.5 Å². The van der Waals surface area contributed by atoms with Gasteiger partial charge in [0, 0.05) is 11.8 Å². The van der Waals surface area contributed by atoms with Gasteiger partial charge in [0.15, 0.2) is 4.34 Å². The Kier molecular flexibility index (Phi) is 6.48. The van der Waals surface area contributed by atoms with Gasteiger partial charge in [0.2, 0.25) is 5.91 Å². The van der Waals surface area contributed by atoms with E-state index in [0.717, 1.165) is 15.3 Å². The number of nitrogens with zero attached hydrogens (tertiary/aromatic N) is 3. The molecule has 0 radical (unpaired) electrons. The number of carbonyl (C=O) groups is 3. The van der Waals surface area contributed by atoms with Crippen molar-refractivity contribution < 1.29 is 19.3 Å². The molecule has 186 valence electrons. The van der Waals surface area contributed by atoms with Gasteiger partial charge in [-0.25, -0.2) is 9.88 Å². The molecule has 4 aromatic rings. The Balaban J connectivity index is 1.30. The average molecular weight is 533 g/mol. The molecule has 37 heavy (non-hydrogen) atoms. The first kappa shape index (κ1) is 24.6. The van der Waals surface area contributed by atoms with E-state index in [-0.39, 0.29) is 22.8 Å². The summed E-state index contributed by atoms with van der Waals surface area (Å²) in [5, 5.41) is 14.2. The maximum absolute atomic E-state index is 13.0. The van der Waals surface area contributed by atoms with Crippen molar-refractivity contribution in [3.05, 3.63) is 87.5 Å². The number of rotatable bonds is 7. The van der Waals surface area contributed by atoms with E-state index in [9.17, 15) is 24.5 Å². The fourth-order valence-electron chi connectivity index (χ4n) is 4.02. The number of aromatic nitrogens is 1. The zero-order valence-corrected chi connectivity index (χ0v) is 21.4. The predicted octanol–water partition coefficient (Wildman–Crippen LogP) is 5.86. The monoisotopic (exact) mass is 532 g/mol. The number of anilines is 2. The first-order valence-corrected chi connectivity index (χ1v) is 13.1. The van der Waals surface area contributed by atoms with Gasteiger partial charge in [0.25, 0.3) is 17.5 Å². The highest BCUT2D eigenvalue weighted by atomic mass is 32.2. The molecule has 0 fully saturated rings. The number of nitro benzene ring substituents is 1. The zero-order chi connectivity index (χ0) is 26.3. The highest BCUT2D eigenvalue weighted by molar-refractivity contribution is 8.01. The van der Waals surface area contributed by atoms with Crippen LogP contribution in [0.15, 0.2) is 65.0 Å². The van der Waals surface area contributed by atoms with Crippen molar-refractivity contribution in [3.63, 3.8) is 0 Å². The molecular weight excluding hydrogens is 512 g/mol. The topological polar surface area (TPSA) is 123 Å². The van der Waals surface area contributed by atoms with Crippen LogP contribution in [0, 0.1) is 10.1 Å². The summed E-state index contributed by atoms with van der Waals surface area (Å²) in [6.45, 7) is 4.22. The third-order valence-corrected chi connectivity index (χ3v) is 8.05. The molecule has 3 amide bonds. The fourth-order valence-corrected chi connectivity index (χ4v) is 5.92. The highest BCUT2D eigenvalue weighted by Gasteiger charge is 2.41. The molecule has 0 bridgehead atoms. The van der Waals surface area contributed by atoms with Crippen molar-refractivity contribution in [1.29, 1.82) is 0 Å². The van der Waals surface area contributed by atoms with Gasteiger partial charge in [-0.2, -0.15) is 0 Å². The molecule has 1 aromatic heterocycles. The van der Waals surface area contributed by atoms with E-state index in [0.29, 0.717) is 21.5 Å². The number of nitrogens with one attached hydrogen (secondary N) is 1. The molecule has 1 aliphatic rings. The van der Waals surface area contributed by atoms with Crippen molar-refractivity contribution in [2.75, 3.05) is 16.0 Å². The van der Waals surface area contributed by atoms with E-state index in [1.165, 1.54) is 46.9 Å². The van der Waals surface area contributed by atoms with Gasteiger partial charge in [-0.05, 0) is 47.9 Å². The minimum absolute atomic E-state index is 0.00436. The smallest absolute Gasteiger partial charge is 0.283 e. The van der Waals surface area contributed by atoms with Crippen molar-refractivity contribution >= 4 is 68.1 Å². The number of thioether (sulfide) groups is 1. The van der Waals surface area contributed by atoms with Crippen LogP contribution in [0.1, 0.15) is 46.0 Å². The SMILES string of the molecule is CC(C)c1ccc(NC(=O)CSc2nc3ccc(N4C(=O)c5cccc([N+](=O)[O-])c5C4=O)cc3s2)cc1. The average Bonchev–Trinajstić information content (AvgIpc) is 3.40. The third kappa shape index (κ3) is 4.70. The number of hydrogen-bond acceptors (Lipinski definition) is 8. The normalized spacial score (nSPS) is 12.9. The van der Waals surface area contributed by atoms with Crippen LogP contribution in [0.2, 0.25) is 0 Å². The molecule has 0 aliphatic carbocycles. The van der Waals surface area contributed by atoms with Gasteiger partial charge >= 0.3 is 0 Å². The summed E-state index contributed by atoms with van der Waals surface area (Å²) in [5.74, 6) is -0.921. The standard InChI is InChI=1S/C26H20N4O5S2/c1-14(2)15-6-8-16(9-7-15)27-22(31)13-36-26-28-19-11-10-17(12-21(19)37-26)29-24(32)18-4-3-5-20(30(34)35)23(18)25(29)33/h3-12,14H,13H2,1-2H3,(H,27,31). The van der Waals surface area contributed by atoms with E-state index >= 15 is 0 Å². The lowest BCUT2D eigenvalue weighted by molar-refractivity contribution is -0.385. The van der Waals surface area contributed by atoms with Crippen LogP contribution >= 0.6 is 23.1 Å². The van der Waals surface area contributed by atoms with Gasteiger partial charge in [0.05, 0.1) is 32.1 Å². The zero-order valence-electron chi connectivity index (χ0n) is 19.8. The van der Waals surface area contributed by atoms with Crippen molar-refractivity contribution in [3.8, 4) is 0 Å². The second-order valence-corrected chi connectivity index (χ2v) is 10.9. The fraction of sp³-hybridized carbons (Fsp3) is 0.154. The van der Waals surface area contributed by atoms with Crippen LogP contribution in [0.4, 0.5) is 17.1 Å². The Hall–Kier alpha value is -4.09. The predicted molar refractivity (Wildman–Crippen MR) is 144 cm³/mol. The molecule has 2 heterocycles. The quantitative estimate of drug-likeness (QED) is 0.137. The highest BCUT2D eigenvalue weighted by Crippen LogP contribution is 2.37. The van der Waals surface area contributed by atoms with Crippen LogP contribution in [0.25, 0.3) is 10.2 Å². The van der Waals surface area contributed by atoms with Gasteiger partial charge in [0.1, 0.15) is 5.56 Å². The summed E-state index contributed by atoms with van der Waals surface area (Å²) < 4.78 is 1.38. The number of imide groups is 1. The Labute approximate surface area is 219 Å². The third-order valence-electron chi connectivity index (χ3n) is 5.89. The molecule has 3 aromatic carbocycles. The van der Waals surface area contributed by atoms with Crippen molar-refractivity contribution in [2.45, 2.75) is 24.1 Å². The summed E-state index contributed by atoms with van der Waals surface area (Å²) in [7, 11) is 0. The number of fused-ring (bicyclic) bond motifs is 2. The molecule has 1 aliphatic heterocycles. The van der Waals surface area contributed by atoms with Crippen LogP contribution in [0.3, 0.4) is 0 Å². The lowest BCUT2D eigenvalue weighted by atomic mass is 10.0. The first-order chi connectivity index (χ1) is 17.7. The number of thiazole rings is 1. The van der Waals surface area contributed by atoms with Gasteiger partial charge in [-0.1, -0.05) is 43.8 Å². The molecule has 0 saturated heterocycles. The van der Waals surface area contributed by atoms with Crippen molar-refractivity contribution in [2.24, 2.45) is 0 Å². The molecule has 0 saturated carbocycles. The van der Waals surface area contributed by atoms with Crippen LogP contribution in [0.5, 0.6) is 0 Å². The van der Waals surface area contributed by atoms with Crippen LogP contribution in [-0.4, -0.2) is 33.4 Å². The number of hydrogen-bond donors (Lipinski definition) is 1. The van der Waals surface area contributed by atoms with E-state index in [2.05, 4.69) is 24.1 Å². The second kappa shape index (κ2) is 9.75. The minimum Gasteiger partial charge on any atom is -0.325 e. The number of carbonyl (C=O) groups excluding carboxylic acids is 3. The molecule has 5 rings (SSSR count). The molecular formula is C26H20N4O5S2. The Morgan fingerprint density at radius 3 is 2.57 bits per heavy atom. The number of benzene rings is 3. The number of nitro groups is 1. The first-order valence-electron chi connectivity index (χ1n) is 11.3. The van der Waals surface area contributed by atoms with E-state index in [1.54, 1.807) is 18.2 Å². The van der Waals surface area contributed by atoms with E-state index < -0.39 is 22.4 Å². The lowest BCUT2D eigenvalue weighted by Gasteiger charge is -2.13. The summed E-state index contributed by atoms with van der Waals surface area (Å²) in [6, 6.07) is 16.7. The summed E-state index contributed by atoms with van der Waals surface area (Å²) >= 11 is 2.62. The minimum atomic E-state index is -0.733. The summed E-state index contributed by atoms with van der Waals surface area (Å²) in [6.07, 6.45) is 0. The molecule has 0 spiro atoms. The maximum Gasteiger partial charge on any atom is 0.283 e. The van der Waals surface area contributed by atoms with Crippen LogP contribution in [-0.2, 0) is 4.79 Å². The Morgan fingerprint density at radius 2 is 1.86 bits per heavy atom. The largest absolute Gasteiger partial charge is 0.325 e. The van der Waals surface area contributed by atoms with E-state index in [1.807, 2.05) is 24.3 Å². The molecule has 0 atom stereocenters. The molecule has 1 N–H and O–H groups in total. The maximum atomic E-state index is 13.0. The van der Waals surface area contributed by atoms with E-state index in [4.69, 9.17) is 0 Å². The van der Waals surface area contributed by atoms with Crippen molar-refractivity contribution in [1.82, 2.24) is 4.98 Å². The Bertz CT molecular complexity index is 1580. The van der Waals surface area contributed by atoms with Gasteiger partial charge < -0.3 is 5.32 Å². The Morgan fingerprint density at radius 1 is 1.11 bits per heavy atom. The summed E-state index contributed by atoms with van der Waals surface area (Å²) in [5.41, 5.74) is 2.28. The molecule has 9 nitrogen and oxygen atoms in total.